The summed E-state index contributed by atoms with van der Waals surface area (Å²) in [4.78, 5) is 11.2. The summed E-state index contributed by atoms with van der Waals surface area (Å²) in [6, 6.07) is 0. The summed E-state index contributed by atoms with van der Waals surface area (Å²) in [5.41, 5.74) is -0.598. The summed E-state index contributed by atoms with van der Waals surface area (Å²) in [6.07, 6.45) is -1.19. The summed E-state index contributed by atoms with van der Waals surface area (Å²) in [5, 5.41) is 3.03. The minimum Gasteiger partial charge on any atom is -0.458 e. The number of esters is 1. The molecule has 1 aliphatic rings. The first-order valence-corrected chi connectivity index (χ1v) is 4.96. The van der Waals surface area contributed by atoms with Crippen molar-refractivity contribution in [1.29, 1.82) is 0 Å². The zero-order chi connectivity index (χ0) is 10.8. The van der Waals surface area contributed by atoms with Crippen LogP contribution in [-0.4, -0.2) is 30.8 Å². The Morgan fingerprint density at radius 2 is 2.14 bits per heavy atom. The molecule has 1 heterocycles. The fraction of sp³-hybridized carbons (Fsp3) is 0.900. The molecule has 0 aromatic carbocycles. The minimum absolute atomic E-state index is 0.280. The molecule has 82 valence electrons. The van der Waals surface area contributed by atoms with Crippen LogP contribution in [0.5, 0.6) is 0 Å². The van der Waals surface area contributed by atoms with E-state index in [0.717, 1.165) is 13.1 Å². The normalized spacial score (nSPS) is 20.0. The van der Waals surface area contributed by atoms with Gasteiger partial charge in [-0.15, -0.1) is 0 Å². The highest BCUT2D eigenvalue weighted by Crippen LogP contribution is 2.17. The molecule has 1 saturated heterocycles. The molecule has 0 saturated carbocycles. The molecule has 1 aliphatic heterocycles. The second-order valence-corrected chi connectivity index (χ2v) is 4.76. The Morgan fingerprint density at radius 1 is 1.57 bits per heavy atom. The molecule has 14 heavy (non-hydrogen) atoms. The molecule has 0 radical (unpaired) electrons. The van der Waals surface area contributed by atoms with E-state index in [0.29, 0.717) is 0 Å². The Balaban J connectivity index is 2.28. The molecule has 0 aromatic rings. The first kappa shape index (κ1) is 11.4. The monoisotopic (exact) mass is 203 g/mol. The maximum Gasteiger partial charge on any atom is 0.341 e. The number of rotatable bonds is 3. The highest BCUT2D eigenvalue weighted by atomic mass is 19.1. The average Bonchev–Trinajstić information content (AvgIpc) is 1.92. The van der Waals surface area contributed by atoms with Gasteiger partial charge in [-0.05, 0) is 46.2 Å². The summed E-state index contributed by atoms with van der Waals surface area (Å²) >= 11 is 0. The van der Waals surface area contributed by atoms with Gasteiger partial charge in [-0.1, -0.05) is 0 Å². The lowest BCUT2D eigenvalue weighted by Gasteiger charge is -2.28. The fourth-order valence-corrected chi connectivity index (χ4v) is 1.27. The number of ether oxygens (including phenoxy) is 1. The van der Waals surface area contributed by atoms with E-state index in [1.165, 1.54) is 0 Å². The number of hydrogen-bond donors (Lipinski definition) is 1. The number of carbonyl (C=O) groups excluding carboxylic acids is 1. The van der Waals surface area contributed by atoms with Gasteiger partial charge in [-0.25, -0.2) is 9.18 Å². The Hall–Kier alpha value is -0.640. The van der Waals surface area contributed by atoms with Gasteiger partial charge in [0, 0.05) is 0 Å². The van der Waals surface area contributed by atoms with E-state index in [4.69, 9.17) is 4.74 Å². The Kier molecular flexibility index (Phi) is 3.48. The van der Waals surface area contributed by atoms with Crippen molar-refractivity contribution in [3.05, 3.63) is 0 Å². The second-order valence-electron chi connectivity index (χ2n) is 4.76. The van der Waals surface area contributed by atoms with Crippen LogP contribution in [0.2, 0.25) is 0 Å². The van der Waals surface area contributed by atoms with Gasteiger partial charge in [-0.2, -0.15) is 0 Å². The van der Waals surface area contributed by atoms with E-state index >= 15 is 0 Å². The maximum absolute atomic E-state index is 13.3. The number of alkyl halides is 1. The quantitative estimate of drug-likeness (QED) is 0.702. The van der Waals surface area contributed by atoms with E-state index in [1.54, 1.807) is 20.8 Å². The Morgan fingerprint density at radius 3 is 2.50 bits per heavy atom. The predicted molar refractivity (Wildman–Crippen MR) is 51.7 cm³/mol. The lowest BCUT2D eigenvalue weighted by Crippen LogP contribution is -2.44. The molecule has 4 heteroatoms. The van der Waals surface area contributed by atoms with Gasteiger partial charge < -0.3 is 10.1 Å². The highest BCUT2D eigenvalue weighted by molar-refractivity contribution is 5.74. The molecular formula is C10H18FNO2. The van der Waals surface area contributed by atoms with E-state index in [-0.39, 0.29) is 12.3 Å². The zero-order valence-corrected chi connectivity index (χ0v) is 8.97. The summed E-state index contributed by atoms with van der Waals surface area (Å²) < 4.78 is 18.2. The third-order valence-corrected chi connectivity index (χ3v) is 2.07. The lowest BCUT2D eigenvalue weighted by molar-refractivity contribution is -0.161. The van der Waals surface area contributed by atoms with Crippen molar-refractivity contribution >= 4 is 5.97 Å². The Labute approximate surface area is 84.0 Å². The third-order valence-electron chi connectivity index (χ3n) is 2.07. The lowest BCUT2D eigenvalue weighted by atomic mass is 9.96. The van der Waals surface area contributed by atoms with Crippen LogP contribution in [0.3, 0.4) is 0 Å². The van der Waals surface area contributed by atoms with E-state index in [1.807, 2.05) is 0 Å². The predicted octanol–water partition coefficient (Wildman–Crippen LogP) is 1.28. The number of carbonyl (C=O) groups is 1. The Bertz CT molecular complexity index is 209. The van der Waals surface area contributed by atoms with Gasteiger partial charge >= 0.3 is 5.97 Å². The van der Waals surface area contributed by atoms with E-state index in [9.17, 15) is 9.18 Å². The van der Waals surface area contributed by atoms with Gasteiger partial charge in [-0.3, -0.25) is 0 Å². The molecule has 1 fully saturated rings. The number of halogens is 1. The largest absolute Gasteiger partial charge is 0.458 e. The molecule has 1 atom stereocenters. The van der Waals surface area contributed by atoms with Crippen molar-refractivity contribution in [2.24, 2.45) is 5.92 Å². The number of hydrogen-bond acceptors (Lipinski definition) is 3. The van der Waals surface area contributed by atoms with Crippen LogP contribution >= 0.6 is 0 Å². The summed E-state index contributed by atoms with van der Waals surface area (Å²) in [5.74, 6) is -0.443. The van der Waals surface area contributed by atoms with Crippen LogP contribution < -0.4 is 5.32 Å². The van der Waals surface area contributed by atoms with Gasteiger partial charge in [0.1, 0.15) is 5.60 Å². The van der Waals surface area contributed by atoms with Crippen LogP contribution in [-0.2, 0) is 9.53 Å². The smallest absolute Gasteiger partial charge is 0.341 e. The molecule has 1 unspecified atom stereocenters. The van der Waals surface area contributed by atoms with Gasteiger partial charge in [0.2, 0.25) is 0 Å². The van der Waals surface area contributed by atoms with E-state index < -0.39 is 17.7 Å². The SMILES string of the molecule is CC(C)(C)OC(=O)C(F)CC1CNC1. The molecule has 0 aliphatic carbocycles. The van der Waals surface area contributed by atoms with Crippen molar-refractivity contribution in [3.8, 4) is 0 Å². The van der Waals surface area contributed by atoms with Crippen LogP contribution in [0.4, 0.5) is 4.39 Å². The van der Waals surface area contributed by atoms with Crippen LogP contribution in [0, 0.1) is 5.92 Å². The molecule has 0 amide bonds. The zero-order valence-electron chi connectivity index (χ0n) is 8.97. The van der Waals surface area contributed by atoms with Crippen LogP contribution in [0.25, 0.3) is 0 Å². The molecule has 1 N–H and O–H groups in total. The maximum atomic E-state index is 13.3. The molecule has 0 aromatic heterocycles. The molecule has 1 rings (SSSR count). The van der Waals surface area contributed by atoms with Crippen LogP contribution in [0.15, 0.2) is 0 Å². The molecular weight excluding hydrogens is 185 g/mol. The van der Waals surface area contributed by atoms with E-state index in [2.05, 4.69) is 5.32 Å². The molecule has 3 nitrogen and oxygen atoms in total. The number of nitrogens with one attached hydrogen (secondary N) is 1. The molecule has 0 bridgehead atoms. The van der Waals surface area contributed by atoms with Crippen molar-refractivity contribution in [2.75, 3.05) is 13.1 Å². The van der Waals surface area contributed by atoms with Crippen LogP contribution in [0.1, 0.15) is 27.2 Å². The average molecular weight is 203 g/mol. The molecule has 0 spiro atoms. The van der Waals surface area contributed by atoms with Gasteiger partial charge in [0.05, 0.1) is 0 Å². The van der Waals surface area contributed by atoms with Crippen molar-refractivity contribution < 1.29 is 13.9 Å². The van der Waals surface area contributed by atoms with Gasteiger partial charge in [0.25, 0.3) is 0 Å². The van der Waals surface area contributed by atoms with Crippen molar-refractivity contribution in [2.45, 2.75) is 39.0 Å². The topological polar surface area (TPSA) is 38.3 Å². The third kappa shape index (κ3) is 3.62. The fourth-order valence-electron chi connectivity index (χ4n) is 1.27. The first-order valence-electron chi connectivity index (χ1n) is 4.96. The minimum atomic E-state index is -1.47. The van der Waals surface area contributed by atoms with Crippen molar-refractivity contribution in [3.63, 3.8) is 0 Å². The highest BCUT2D eigenvalue weighted by Gasteiger charge is 2.29. The summed E-state index contributed by atoms with van der Waals surface area (Å²) in [7, 11) is 0. The van der Waals surface area contributed by atoms with Gasteiger partial charge in [0.15, 0.2) is 6.17 Å². The first-order chi connectivity index (χ1) is 6.38. The standard InChI is InChI=1S/C10H18FNO2/c1-10(2,3)14-9(13)8(11)4-7-5-12-6-7/h7-8,12H,4-6H2,1-3H3. The summed E-state index contributed by atoms with van der Waals surface area (Å²) in [6.45, 7) is 6.83. The van der Waals surface area contributed by atoms with Crippen molar-refractivity contribution in [1.82, 2.24) is 5.32 Å². The second kappa shape index (κ2) is 4.26.